The minimum absolute atomic E-state index is 0.177. The largest absolute Gasteiger partial charge is 0.493 e. The summed E-state index contributed by atoms with van der Waals surface area (Å²) in [5, 5.41) is 2.67. The molecule has 0 bridgehead atoms. The van der Waals surface area contributed by atoms with Gasteiger partial charge in [-0.3, -0.25) is 4.79 Å². The van der Waals surface area contributed by atoms with Gasteiger partial charge in [-0.05, 0) is 42.8 Å². The Bertz CT molecular complexity index is 567. The number of benzene rings is 1. The van der Waals surface area contributed by atoms with Gasteiger partial charge in [0.15, 0.2) is 0 Å². The maximum atomic E-state index is 12.7. The van der Waals surface area contributed by atoms with Crippen molar-refractivity contribution in [3.05, 3.63) is 54.0 Å². The lowest BCUT2D eigenvalue weighted by Crippen LogP contribution is -2.15. The number of nitrogens with one attached hydrogen (secondary N) is 1. The molecule has 0 aliphatic carbocycles. The Morgan fingerprint density at radius 1 is 1.25 bits per heavy atom. The van der Waals surface area contributed by atoms with Crippen LogP contribution >= 0.6 is 0 Å². The summed E-state index contributed by atoms with van der Waals surface area (Å²) >= 11 is 0. The number of pyridine rings is 1. The number of hydrogen-bond donors (Lipinski definition) is 1. The zero-order chi connectivity index (χ0) is 14.4. The van der Waals surface area contributed by atoms with Gasteiger partial charge in [-0.2, -0.15) is 0 Å². The van der Waals surface area contributed by atoms with Crippen LogP contribution in [-0.2, 0) is 4.79 Å². The first-order valence-corrected chi connectivity index (χ1v) is 6.24. The lowest BCUT2D eigenvalue weighted by Gasteiger charge is -2.07. The van der Waals surface area contributed by atoms with Crippen LogP contribution in [0.25, 0.3) is 0 Å². The summed E-state index contributed by atoms with van der Waals surface area (Å²) < 4.78 is 18.0. The molecule has 0 unspecified atom stereocenters. The number of nitrogens with zero attached hydrogens (tertiary/aromatic N) is 1. The standard InChI is InChI=1S/C15H15FN2O2/c1-11-2-7-14(17-10-11)18-15(19)8-9-20-13-5-3-12(16)4-6-13/h2-7,10H,8-9H2,1H3,(H,17,18,19). The molecule has 1 aromatic carbocycles. The van der Waals surface area contributed by atoms with Crippen molar-refractivity contribution in [2.45, 2.75) is 13.3 Å². The normalized spacial score (nSPS) is 10.1. The maximum Gasteiger partial charge on any atom is 0.228 e. The SMILES string of the molecule is Cc1ccc(NC(=O)CCOc2ccc(F)cc2)nc1. The number of carbonyl (C=O) groups is 1. The van der Waals surface area contributed by atoms with Gasteiger partial charge >= 0.3 is 0 Å². The van der Waals surface area contributed by atoms with E-state index >= 15 is 0 Å². The van der Waals surface area contributed by atoms with Gasteiger partial charge in [0.1, 0.15) is 17.4 Å². The maximum absolute atomic E-state index is 12.7. The predicted octanol–water partition coefficient (Wildman–Crippen LogP) is 2.94. The molecular formula is C15H15FN2O2. The van der Waals surface area contributed by atoms with Crippen molar-refractivity contribution in [2.24, 2.45) is 0 Å². The molecule has 1 amide bonds. The van der Waals surface area contributed by atoms with Crippen LogP contribution in [-0.4, -0.2) is 17.5 Å². The summed E-state index contributed by atoms with van der Waals surface area (Å²) in [5.74, 6) is 0.555. The molecule has 20 heavy (non-hydrogen) atoms. The van der Waals surface area contributed by atoms with E-state index in [-0.39, 0.29) is 24.8 Å². The van der Waals surface area contributed by atoms with Crippen LogP contribution in [0.4, 0.5) is 10.2 Å². The third-order valence-corrected chi connectivity index (χ3v) is 2.59. The number of rotatable bonds is 5. The number of aromatic nitrogens is 1. The fourth-order valence-electron chi connectivity index (χ4n) is 1.54. The van der Waals surface area contributed by atoms with Crippen LogP contribution in [0, 0.1) is 12.7 Å². The van der Waals surface area contributed by atoms with Crippen molar-refractivity contribution in [1.82, 2.24) is 4.98 Å². The summed E-state index contributed by atoms with van der Waals surface area (Å²) in [4.78, 5) is 15.7. The highest BCUT2D eigenvalue weighted by molar-refractivity contribution is 5.89. The third kappa shape index (κ3) is 4.35. The minimum Gasteiger partial charge on any atom is -0.493 e. The zero-order valence-corrected chi connectivity index (χ0v) is 11.1. The monoisotopic (exact) mass is 274 g/mol. The number of aryl methyl sites for hydroxylation is 1. The van der Waals surface area contributed by atoms with E-state index in [2.05, 4.69) is 10.3 Å². The fraction of sp³-hybridized carbons (Fsp3) is 0.200. The quantitative estimate of drug-likeness (QED) is 0.912. The van der Waals surface area contributed by atoms with E-state index in [9.17, 15) is 9.18 Å². The molecule has 0 aliphatic heterocycles. The lowest BCUT2D eigenvalue weighted by molar-refractivity contribution is -0.116. The van der Waals surface area contributed by atoms with E-state index < -0.39 is 0 Å². The molecule has 4 nitrogen and oxygen atoms in total. The Labute approximate surface area is 116 Å². The Morgan fingerprint density at radius 2 is 2.00 bits per heavy atom. The van der Waals surface area contributed by atoms with Gasteiger partial charge in [-0.15, -0.1) is 0 Å². The van der Waals surface area contributed by atoms with E-state index in [0.717, 1.165) is 5.56 Å². The highest BCUT2D eigenvalue weighted by Crippen LogP contribution is 2.11. The molecule has 0 saturated carbocycles. The lowest BCUT2D eigenvalue weighted by atomic mass is 10.3. The van der Waals surface area contributed by atoms with Gasteiger partial charge < -0.3 is 10.1 Å². The predicted molar refractivity (Wildman–Crippen MR) is 74.1 cm³/mol. The second-order valence-corrected chi connectivity index (χ2v) is 4.32. The van der Waals surface area contributed by atoms with E-state index in [1.54, 1.807) is 12.3 Å². The average Bonchev–Trinajstić information content (AvgIpc) is 2.44. The molecule has 2 aromatic rings. The molecule has 0 saturated heterocycles. The molecule has 1 N–H and O–H groups in total. The van der Waals surface area contributed by atoms with Crippen molar-refractivity contribution in [3.63, 3.8) is 0 Å². The average molecular weight is 274 g/mol. The summed E-state index contributed by atoms with van der Waals surface area (Å²) in [6, 6.07) is 9.28. The molecule has 1 heterocycles. The van der Waals surface area contributed by atoms with Crippen molar-refractivity contribution >= 4 is 11.7 Å². The molecule has 0 aliphatic rings. The van der Waals surface area contributed by atoms with Crippen molar-refractivity contribution in [2.75, 3.05) is 11.9 Å². The van der Waals surface area contributed by atoms with Crippen LogP contribution in [0.3, 0.4) is 0 Å². The molecule has 104 valence electrons. The fourth-order valence-corrected chi connectivity index (χ4v) is 1.54. The van der Waals surface area contributed by atoms with Crippen molar-refractivity contribution in [1.29, 1.82) is 0 Å². The number of amides is 1. The van der Waals surface area contributed by atoms with Crippen LogP contribution in [0.5, 0.6) is 5.75 Å². The van der Waals surface area contributed by atoms with Crippen LogP contribution in [0.1, 0.15) is 12.0 Å². The topological polar surface area (TPSA) is 51.2 Å². The Morgan fingerprint density at radius 3 is 2.65 bits per heavy atom. The molecule has 0 fully saturated rings. The summed E-state index contributed by atoms with van der Waals surface area (Å²) in [6.07, 6.45) is 1.89. The van der Waals surface area contributed by atoms with E-state index in [4.69, 9.17) is 4.74 Å². The smallest absolute Gasteiger partial charge is 0.228 e. The second kappa shape index (κ2) is 6.65. The van der Waals surface area contributed by atoms with Gasteiger partial charge in [0, 0.05) is 6.20 Å². The van der Waals surface area contributed by atoms with Gasteiger partial charge in [-0.1, -0.05) is 6.07 Å². The second-order valence-electron chi connectivity index (χ2n) is 4.32. The minimum atomic E-state index is -0.319. The molecule has 0 spiro atoms. The molecule has 1 aromatic heterocycles. The highest BCUT2D eigenvalue weighted by Gasteiger charge is 2.04. The number of halogens is 1. The molecule has 5 heteroatoms. The number of ether oxygens (including phenoxy) is 1. The Balaban J connectivity index is 1.75. The first-order chi connectivity index (χ1) is 9.63. The van der Waals surface area contributed by atoms with Gasteiger partial charge in [0.2, 0.25) is 5.91 Å². The van der Waals surface area contributed by atoms with Crippen molar-refractivity contribution in [3.8, 4) is 5.75 Å². The summed E-state index contributed by atoms with van der Waals surface area (Å²) in [7, 11) is 0. The molecule has 0 radical (unpaired) electrons. The van der Waals surface area contributed by atoms with E-state index in [1.807, 2.05) is 13.0 Å². The van der Waals surface area contributed by atoms with Gasteiger partial charge in [-0.25, -0.2) is 9.37 Å². The summed E-state index contributed by atoms with van der Waals surface area (Å²) in [6.45, 7) is 2.15. The number of hydrogen-bond acceptors (Lipinski definition) is 3. The van der Waals surface area contributed by atoms with Crippen LogP contribution < -0.4 is 10.1 Å². The van der Waals surface area contributed by atoms with Gasteiger partial charge in [0.25, 0.3) is 0 Å². The first-order valence-electron chi connectivity index (χ1n) is 6.24. The zero-order valence-electron chi connectivity index (χ0n) is 11.1. The first kappa shape index (κ1) is 14.0. The number of carbonyl (C=O) groups excluding carboxylic acids is 1. The Kier molecular flexibility index (Phi) is 4.65. The molecule has 0 atom stereocenters. The Hall–Kier alpha value is -2.43. The highest BCUT2D eigenvalue weighted by atomic mass is 19.1. The van der Waals surface area contributed by atoms with Gasteiger partial charge in [0.05, 0.1) is 13.0 Å². The van der Waals surface area contributed by atoms with E-state index in [0.29, 0.717) is 11.6 Å². The molecule has 2 rings (SSSR count). The van der Waals surface area contributed by atoms with E-state index in [1.165, 1.54) is 24.3 Å². The molecular weight excluding hydrogens is 259 g/mol. The van der Waals surface area contributed by atoms with Crippen LogP contribution in [0.2, 0.25) is 0 Å². The van der Waals surface area contributed by atoms with Crippen molar-refractivity contribution < 1.29 is 13.9 Å². The number of anilines is 1. The summed E-state index contributed by atoms with van der Waals surface area (Å²) in [5.41, 5.74) is 1.03. The third-order valence-electron chi connectivity index (χ3n) is 2.59. The van der Waals surface area contributed by atoms with Crippen LogP contribution in [0.15, 0.2) is 42.6 Å².